The predicted octanol–water partition coefficient (Wildman–Crippen LogP) is 4.20. The van der Waals surface area contributed by atoms with Crippen molar-refractivity contribution in [3.05, 3.63) is 83.6 Å². The highest BCUT2D eigenvalue weighted by Crippen LogP contribution is 2.29. The summed E-state index contributed by atoms with van der Waals surface area (Å²) in [5.74, 6) is 0.715. The van der Waals surface area contributed by atoms with Crippen LogP contribution in [0.5, 0.6) is 11.5 Å². The zero-order valence-corrected chi connectivity index (χ0v) is 15.9. The minimum atomic E-state index is -1.02. The Morgan fingerprint density at radius 2 is 1.93 bits per heavy atom. The van der Waals surface area contributed by atoms with Gasteiger partial charge in [-0.25, -0.2) is 9.78 Å². The van der Waals surface area contributed by atoms with Crippen LogP contribution in [-0.2, 0) is 6.61 Å². The number of hydrogen-bond acceptors (Lipinski definition) is 6. The Bertz CT molecular complexity index is 973. The van der Waals surface area contributed by atoms with Crippen molar-refractivity contribution in [3.8, 4) is 11.5 Å². The van der Waals surface area contributed by atoms with Gasteiger partial charge >= 0.3 is 5.97 Å². The molecule has 7 nitrogen and oxygen atoms in total. The molecule has 0 fully saturated rings. The first-order valence-electron chi connectivity index (χ1n) is 9.07. The van der Waals surface area contributed by atoms with Crippen LogP contribution in [0, 0.1) is 0 Å². The van der Waals surface area contributed by atoms with Crippen LogP contribution in [0.25, 0.3) is 0 Å². The lowest BCUT2D eigenvalue weighted by Gasteiger charge is -2.12. The van der Waals surface area contributed by atoms with Crippen LogP contribution in [0.15, 0.2) is 72.0 Å². The highest BCUT2D eigenvalue weighted by Gasteiger charge is 2.07. The number of benzene rings is 2. The summed E-state index contributed by atoms with van der Waals surface area (Å²) in [6.07, 6.45) is 2.89. The zero-order chi connectivity index (χ0) is 20.5. The molecule has 0 saturated heterocycles. The minimum Gasteiger partial charge on any atom is -0.490 e. The number of hydrogen-bond donors (Lipinski definition) is 2. The number of aromatic carboxylic acids is 1. The average molecular weight is 391 g/mol. The standard InChI is InChI=1S/C22H21N3O4/c1-2-28-20-12-17(8-10-19(20)29-15-16-6-4-3-5-7-16)13-24-25-21-11-9-18(14-23-21)22(26)27/h3-14H,2,15H2,1H3,(H,23,25)(H,26,27)/b24-13+. The van der Waals surface area contributed by atoms with Gasteiger partial charge in [-0.05, 0) is 48.4 Å². The number of rotatable bonds is 9. The van der Waals surface area contributed by atoms with E-state index in [2.05, 4.69) is 15.5 Å². The smallest absolute Gasteiger partial charge is 0.337 e. The van der Waals surface area contributed by atoms with Gasteiger partial charge in [-0.3, -0.25) is 5.43 Å². The number of nitrogens with zero attached hydrogens (tertiary/aromatic N) is 2. The van der Waals surface area contributed by atoms with Crippen LogP contribution >= 0.6 is 0 Å². The fourth-order valence-electron chi connectivity index (χ4n) is 2.49. The van der Waals surface area contributed by atoms with Gasteiger partial charge < -0.3 is 14.6 Å². The van der Waals surface area contributed by atoms with Crippen LogP contribution in [-0.4, -0.2) is 28.9 Å². The molecule has 0 radical (unpaired) electrons. The molecule has 3 rings (SSSR count). The summed E-state index contributed by atoms with van der Waals surface area (Å²) < 4.78 is 11.6. The number of carbonyl (C=O) groups is 1. The molecule has 0 aliphatic heterocycles. The van der Waals surface area contributed by atoms with Crippen molar-refractivity contribution in [2.75, 3.05) is 12.0 Å². The van der Waals surface area contributed by atoms with Gasteiger partial charge in [0, 0.05) is 6.20 Å². The number of carboxylic acid groups (broad SMARTS) is 1. The molecule has 0 aliphatic rings. The molecule has 0 saturated carbocycles. The van der Waals surface area contributed by atoms with Crippen molar-refractivity contribution < 1.29 is 19.4 Å². The van der Waals surface area contributed by atoms with Gasteiger partial charge in [0.1, 0.15) is 12.4 Å². The van der Waals surface area contributed by atoms with Crippen molar-refractivity contribution in [3.63, 3.8) is 0 Å². The number of nitrogens with one attached hydrogen (secondary N) is 1. The maximum absolute atomic E-state index is 10.8. The lowest BCUT2D eigenvalue weighted by molar-refractivity contribution is 0.0696. The first-order chi connectivity index (χ1) is 14.2. The third kappa shape index (κ3) is 5.80. The van der Waals surface area contributed by atoms with Crippen molar-refractivity contribution in [1.29, 1.82) is 0 Å². The molecule has 0 aliphatic carbocycles. The number of ether oxygens (including phenoxy) is 2. The van der Waals surface area contributed by atoms with Gasteiger partial charge in [-0.2, -0.15) is 5.10 Å². The van der Waals surface area contributed by atoms with Crippen molar-refractivity contribution in [2.45, 2.75) is 13.5 Å². The Labute approximate surface area is 168 Å². The second-order valence-electron chi connectivity index (χ2n) is 6.02. The molecular formula is C22H21N3O4. The molecule has 0 unspecified atom stereocenters. The van der Waals surface area contributed by atoms with Crippen molar-refractivity contribution >= 4 is 18.0 Å². The van der Waals surface area contributed by atoms with Crippen LogP contribution in [0.1, 0.15) is 28.4 Å². The zero-order valence-electron chi connectivity index (χ0n) is 15.9. The van der Waals surface area contributed by atoms with Crippen LogP contribution in [0.4, 0.5) is 5.82 Å². The molecular weight excluding hydrogens is 370 g/mol. The van der Waals surface area contributed by atoms with E-state index in [0.29, 0.717) is 30.5 Å². The largest absolute Gasteiger partial charge is 0.490 e. The fourth-order valence-corrected chi connectivity index (χ4v) is 2.49. The summed E-state index contributed by atoms with van der Waals surface area (Å²) in [6.45, 7) is 2.88. The van der Waals surface area contributed by atoms with E-state index in [-0.39, 0.29) is 5.56 Å². The lowest BCUT2D eigenvalue weighted by Crippen LogP contribution is -2.01. The second kappa shape index (κ2) is 9.89. The van der Waals surface area contributed by atoms with E-state index < -0.39 is 5.97 Å². The Balaban J connectivity index is 1.65. The van der Waals surface area contributed by atoms with Crippen molar-refractivity contribution in [1.82, 2.24) is 4.98 Å². The molecule has 0 amide bonds. The van der Waals surface area contributed by atoms with E-state index in [9.17, 15) is 4.79 Å². The normalized spacial score (nSPS) is 10.7. The van der Waals surface area contributed by atoms with Gasteiger partial charge in [0.05, 0.1) is 18.4 Å². The average Bonchev–Trinajstić information content (AvgIpc) is 2.74. The molecule has 0 atom stereocenters. The van der Waals surface area contributed by atoms with Gasteiger partial charge in [0.25, 0.3) is 0 Å². The third-order valence-corrected chi connectivity index (χ3v) is 3.91. The maximum Gasteiger partial charge on any atom is 0.337 e. The Hall–Kier alpha value is -3.87. The topological polar surface area (TPSA) is 93.0 Å². The molecule has 7 heteroatoms. The van der Waals surface area contributed by atoms with Gasteiger partial charge in [0.15, 0.2) is 11.5 Å². The second-order valence-corrected chi connectivity index (χ2v) is 6.02. The summed E-state index contributed by atoms with van der Waals surface area (Å²) in [7, 11) is 0. The van der Waals surface area contributed by atoms with Gasteiger partial charge in [-0.15, -0.1) is 0 Å². The summed E-state index contributed by atoms with van der Waals surface area (Å²) in [4.78, 5) is 14.8. The molecule has 2 aromatic carbocycles. The third-order valence-electron chi connectivity index (χ3n) is 3.91. The van der Waals surface area contributed by atoms with Crippen LogP contribution in [0.3, 0.4) is 0 Å². The Morgan fingerprint density at radius 3 is 2.62 bits per heavy atom. The first-order valence-corrected chi connectivity index (χ1v) is 9.07. The highest BCUT2D eigenvalue weighted by atomic mass is 16.5. The summed E-state index contributed by atoms with van der Waals surface area (Å²) in [5.41, 5.74) is 4.77. The fraction of sp³-hybridized carbons (Fsp3) is 0.136. The molecule has 3 aromatic rings. The number of hydrazone groups is 1. The maximum atomic E-state index is 10.8. The minimum absolute atomic E-state index is 0.118. The first kappa shape index (κ1) is 19.9. The van der Waals surface area contributed by atoms with E-state index in [1.807, 2.05) is 55.5 Å². The SMILES string of the molecule is CCOc1cc(/C=N/Nc2ccc(C(=O)O)cn2)ccc1OCc1ccccc1. The number of carboxylic acids is 1. The van der Waals surface area contributed by atoms with E-state index in [1.54, 1.807) is 12.3 Å². The number of aromatic nitrogens is 1. The predicted molar refractivity (Wildman–Crippen MR) is 111 cm³/mol. The molecule has 29 heavy (non-hydrogen) atoms. The Morgan fingerprint density at radius 1 is 1.10 bits per heavy atom. The summed E-state index contributed by atoms with van der Waals surface area (Å²) in [5, 5.41) is 13.0. The monoisotopic (exact) mass is 391 g/mol. The highest BCUT2D eigenvalue weighted by molar-refractivity contribution is 5.87. The van der Waals surface area contributed by atoms with E-state index in [4.69, 9.17) is 14.6 Å². The molecule has 2 N–H and O–H groups in total. The van der Waals surface area contributed by atoms with Crippen LogP contribution < -0.4 is 14.9 Å². The van der Waals surface area contributed by atoms with E-state index in [0.717, 1.165) is 11.1 Å². The molecule has 0 bridgehead atoms. The Kier molecular flexibility index (Phi) is 6.78. The quantitative estimate of drug-likeness (QED) is 0.419. The van der Waals surface area contributed by atoms with E-state index in [1.165, 1.54) is 12.3 Å². The number of anilines is 1. The number of pyridine rings is 1. The van der Waals surface area contributed by atoms with Crippen LogP contribution in [0.2, 0.25) is 0 Å². The molecule has 1 heterocycles. The van der Waals surface area contributed by atoms with Crippen molar-refractivity contribution in [2.24, 2.45) is 5.10 Å². The lowest BCUT2D eigenvalue weighted by atomic mass is 10.2. The summed E-state index contributed by atoms with van der Waals surface area (Å²) >= 11 is 0. The molecule has 148 valence electrons. The molecule has 0 spiro atoms. The van der Waals surface area contributed by atoms with Gasteiger partial charge in [0.2, 0.25) is 0 Å². The van der Waals surface area contributed by atoms with Gasteiger partial charge in [-0.1, -0.05) is 30.3 Å². The van der Waals surface area contributed by atoms with E-state index >= 15 is 0 Å². The summed E-state index contributed by atoms with van der Waals surface area (Å²) in [6, 6.07) is 18.5. The molecule has 1 aromatic heterocycles.